The molecule has 4 heteroatoms. The Bertz CT molecular complexity index is 514. The van der Waals surface area contributed by atoms with E-state index in [-0.39, 0.29) is 5.56 Å². The Labute approximate surface area is 118 Å². The van der Waals surface area contributed by atoms with Crippen molar-refractivity contribution < 1.29 is 13.5 Å². The fourth-order valence-electron chi connectivity index (χ4n) is 1.50. The van der Waals surface area contributed by atoms with E-state index in [0.717, 1.165) is 3.57 Å². The molecule has 0 aromatic heterocycles. The molecule has 0 N–H and O–H groups in total. The van der Waals surface area contributed by atoms with Gasteiger partial charge in [0, 0.05) is 9.13 Å². The molecule has 94 valence electrons. The Morgan fingerprint density at radius 2 is 1.72 bits per heavy atom. The SMILES string of the molecule is FC(F)(COc1cccc(I)c1)c1ccccc1. The predicted octanol–water partition coefficient (Wildman–Crippen LogP) is 4.46. The van der Waals surface area contributed by atoms with E-state index < -0.39 is 12.5 Å². The zero-order valence-corrected chi connectivity index (χ0v) is 11.6. The lowest BCUT2D eigenvalue weighted by Crippen LogP contribution is -2.23. The molecule has 1 nitrogen and oxygen atoms in total. The quantitative estimate of drug-likeness (QED) is 0.732. The first-order valence-electron chi connectivity index (χ1n) is 5.40. The van der Waals surface area contributed by atoms with Gasteiger partial charge in [0.2, 0.25) is 0 Å². The molecule has 2 rings (SSSR count). The van der Waals surface area contributed by atoms with Gasteiger partial charge < -0.3 is 4.74 Å². The molecule has 0 aliphatic carbocycles. The second-order valence-electron chi connectivity index (χ2n) is 3.82. The van der Waals surface area contributed by atoms with Crippen molar-refractivity contribution in [3.63, 3.8) is 0 Å². The van der Waals surface area contributed by atoms with Crippen LogP contribution < -0.4 is 4.74 Å². The molecule has 0 heterocycles. The first-order chi connectivity index (χ1) is 8.58. The molecule has 0 aliphatic heterocycles. The summed E-state index contributed by atoms with van der Waals surface area (Å²) in [5.74, 6) is -2.53. The summed E-state index contributed by atoms with van der Waals surface area (Å²) in [4.78, 5) is 0. The number of benzene rings is 2. The van der Waals surface area contributed by atoms with Crippen LogP contribution in [0.5, 0.6) is 5.75 Å². The Morgan fingerprint density at radius 3 is 2.39 bits per heavy atom. The summed E-state index contributed by atoms with van der Waals surface area (Å²) < 4.78 is 33.7. The van der Waals surface area contributed by atoms with Crippen molar-refractivity contribution in [2.75, 3.05) is 6.61 Å². The fraction of sp³-hybridized carbons (Fsp3) is 0.143. The Balaban J connectivity index is 2.05. The second kappa shape index (κ2) is 5.65. The summed E-state index contributed by atoms with van der Waals surface area (Å²) in [5.41, 5.74) is -0.0318. The summed E-state index contributed by atoms with van der Waals surface area (Å²) >= 11 is 2.11. The predicted molar refractivity (Wildman–Crippen MR) is 75.0 cm³/mol. The van der Waals surface area contributed by atoms with E-state index in [0.29, 0.717) is 5.75 Å². The van der Waals surface area contributed by atoms with Crippen molar-refractivity contribution in [2.45, 2.75) is 5.92 Å². The van der Waals surface area contributed by atoms with Gasteiger partial charge in [0.15, 0.2) is 6.61 Å². The van der Waals surface area contributed by atoms with Gasteiger partial charge in [0.1, 0.15) is 5.75 Å². The average molecular weight is 360 g/mol. The van der Waals surface area contributed by atoms with Crippen molar-refractivity contribution >= 4 is 22.6 Å². The third-order valence-corrected chi connectivity index (χ3v) is 3.08. The van der Waals surface area contributed by atoms with Crippen LogP contribution in [-0.4, -0.2) is 6.61 Å². The van der Waals surface area contributed by atoms with Crippen LogP contribution in [-0.2, 0) is 5.92 Å². The minimum absolute atomic E-state index is 0.0318. The largest absolute Gasteiger partial charge is 0.487 e. The summed E-state index contributed by atoms with van der Waals surface area (Å²) in [6.07, 6.45) is 0. The van der Waals surface area contributed by atoms with Crippen LogP contribution in [0.4, 0.5) is 8.78 Å². The smallest absolute Gasteiger partial charge is 0.306 e. The van der Waals surface area contributed by atoms with Gasteiger partial charge in [-0.25, -0.2) is 0 Å². The molecule has 0 saturated heterocycles. The molecular weight excluding hydrogens is 349 g/mol. The number of halogens is 3. The molecule has 0 aliphatic rings. The maximum Gasteiger partial charge on any atom is 0.306 e. The highest BCUT2D eigenvalue weighted by atomic mass is 127. The fourth-order valence-corrected chi connectivity index (χ4v) is 2.01. The Hall–Kier alpha value is -1.17. The molecule has 0 bridgehead atoms. The molecule has 0 atom stereocenters. The summed E-state index contributed by atoms with van der Waals surface area (Å²) in [5, 5.41) is 0. The number of hydrogen-bond acceptors (Lipinski definition) is 1. The highest BCUT2D eigenvalue weighted by Crippen LogP contribution is 2.28. The molecule has 2 aromatic carbocycles. The summed E-state index contributed by atoms with van der Waals surface area (Å²) in [6.45, 7) is -0.656. The van der Waals surface area contributed by atoms with E-state index in [1.54, 1.807) is 36.4 Å². The van der Waals surface area contributed by atoms with Gasteiger partial charge >= 0.3 is 5.92 Å². The van der Waals surface area contributed by atoms with Crippen molar-refractivity contribution in [1.82, 2.24) is 0 Å². The van der Waals surface area contributed by atoms with Gasteiger partial charge in [-0.15, -0.1) is 0 Å². The molecule has 0 amide bonds. The topological polar surface area (TPSA) is 9.23 Å². The van der Waals surface area contributed by atoms with Crippen molar-refractivity contribution in [3.8, 4) is 5.75 Å². The first-order valence-corrected chi connectivity index (χ1v) is 6.47. The number of alkyl halides is 2. The van der Waals surface area contributed by atoms with Crippen molar-refractivity contribution in [2.24, 2.45) is 0 Å². The van der Waals surface area contributed by atoms with Crippen LogP contribution in [0.1, 0.15) is 5.56 Å². The zero-order valence-electron chi connectivity index (χ0n) is 9.45. The van der Waals surface area contributed by atoms with Gasteiger partial charge in [0.05, 0.1) is 0 Å². The van der Waals surface area contributed by atoms with Crippen LogP contribution in [0, 0.1) is 3.57 Å². The second-order valence-corrected chi connectivity index (χ2v) is 5.06. The van der Waals surface area contributed by atoms with E-state index >= 15 is 0 Å². The monoisotopic (exact) mass is 360 g/mol. The number of hydrogen-bond donors (Lipinski definition) is 0. The lowest BCUT2D eigenvalue weighted by atomic mass is 10.1. The maximum absolute atomic E-state index is 13.8. The highest BCUT2D eigenvalue weighted by Gasteiger charge is 2.32. The standard InChI is InChI=1S/C14H11F2IO/c15-14(16,11-5-2-1-3-6-11)10-18-13-8-4-7-12(17)9-13/h1-9H,10H2. The Kier molecular flexibility index (Phi) is 4.16. The molecular formula is C14H11F2IO. The van der Waals surface area contributed by atoms with E-state index in [1.807, 2.05) is 6.07 Å². The molecule has 0 spiro atoms. The molecule has 18 heavy (non-hydrogen) atoms. The van der Waals surface area contributed by atoms with Gasteiger partial charge in [-0.2, -0.15) is 8.78 Å². The van der Waals surface area contributed by atoms with E-state index in [2.05, 4.69) is 22.6 Å². The average Bonchev–Trinajstić information content (AvgIpc) is 2.38. The molecule has 0 saturated carbocycles. The lowest BCUT2D eigenvalue weighted by Gasteiger charge is -2.17. The van der Waals surface area contributed by atoms with E-state index in [4.69, 9.17) is 4.74 Å². The van der Waals surface area contributed by atoms with Crippen molar-refractivity contribution in [3.05, 3.63) is 63.7 Å². The third kappa shape index (κ3) is 3.41. The first kappa shape index (κ1) is 13.3. The van der Waals surface area contributed by atoms with Crippen LogP contribution >= 0.6 is 22.6 Å². The summed E-state index contributed by atoms with van der Waals surface area (Å²) in [6, 6.07) is 14.7. The third-order valence-electron chi connectivity index (χ3n) is 2.41. The zero-order chi connectivity index (χ0) is 13.0. The van der Waals surface area contributed by atoms with Gasteiger partial charge in [-0.3, -0.25) is 0 Å². The lowest BCUT2D eigenvalue weighted by molar-refractivity contribution is -0.0467. The number of rotatable bonds is 4. The van der Waals surface area contributed by atoms with E-state index in [9.17, 15) is 8.78 Å². The van der Waals surface area contributed by atoms with Gasteiger partial charge in [-0.05, 0) is 40.8 Å². The Morgan fingerprint density at radius 1 is 1.00 bits per heavy atom. The molecule has 0 radical (unpaired) electrons. The number of ether oxygens (including phenoxy) is 1. The minimum Gasteiger partial charge on any atom is -0.487 e. The summed E-state index contributed by atoms with van der Waals surface area (Å²) in [7, 11) is 0. The van der Waals surface area contributed by atoms with E-state index in [1.165, 1.54) is 12.1 Å². The molecule has 0 fully saturated rings. The van der Waals surface area contributed by atoms with Crippen LogP contribution in [0.25, 0.3) is 0 Å². The molecule has 0 unspecified atom stereocenters. The van der Waals surface area contributed by atoms with Crippen LogP contribution in [0.2, 0.25) is 0 Å². The van der Waals surface area contributed by atoms with Gasteiger partial charge in [-0.1, -0.05) is 36.4 Å². The van der Waals surface area contributed by atoms with Crippen molar-refractivity contribution in [1.29, 1.82) is 0 Å². The minimum atomic E-state index is -2.98. The van der Waals surface area contributed by atoms with Gasteiger partial charge in [0.25, 0.3) is 0 Å². The van der Waals surface area contributed by atoms with Crippen LogP contribution in [0.15, 0.2) is 54.6 Å². The highest BCUT2D eigenvalue weighted by molar-refractivity contribution is 14.1. The normalized spacial score (nSPS) is 11.3. The molecule has 2 aromatic rings. The maximum atomic E-state index is 13.8. The van der Waals surface area contributed by atoms with Crippen LogP contribution in [0.3, 0.4) is 0 Å².